The van der Waals surface area contributed by atoms with Gasteiger partial charge in [0.25, 0.3) is 19.7 Å². The van der Waals surface area contributed by atoms with Gasteiger partial charge in [0.2, 0.25) is 0 Å². The van der Waals surface area contributed by atoms with Crippen LogP contribution in [0.2, 0.25) is 0 Å². The summed E-state index contributed by atoms with van der Waals surface area (Å²) in [4.78, 5) is 0. The zero-order valence-corrected chi connectivity index (χ0v) is 29.8. The van der Waals surface area contributed by atoms with Gasteiger partial charge in [-0.1, -0.05) is 48.5 Å². The third-order valence-electron chi connectivity index (χ3n) is 8.71. The van der Waals surface area contributed by atoms with Gasteiger partial charge in [0.05, 0.1) is 0 Å². The summed E-state index contributed by atoms with van der Waals surface area (Å²) in [5.74, 6) is -14.4. The molecule has 57 heavy (non-hydrogen) atoms. The Labute approximate surface area is 311 Å². The number of hydrogen-bond acceptors (Lipinski definition) is 7. The second-order valence-electron chi connectivity index (χ2n) is 12.2. The highest BCUT2D eigenvalue weighted by Gasteiger charge is 2.72. The molecule has 0 aliphatic carbocycles. The molecule has 1 aliphatic rings. The molecule has 6 aromatic rings. The quantitative estimate of drug-likeness (QED) is 0.0965. The maximum Gasteiger partial charge on any atom is 0.499 e. The summed E-state index contributed by atoms with van der Waals surface area (Å²) in [5, 5.41) is -0.382. The number of halogens is 12. The summed E-state index contributed by atoms with van der Waals surface area (Å²) in [6, 6.07) is 13.2. The lowest BCUT2D eigenvalue weighted by Crippen LogP contribution is -2.46. The van der Waals surface area contributed by atoms with Crippen LogP contribution in [0.25, 0.3) is 54.9 Å². The lowest BCUT2D eigenvalue weighted by atomic mass is 9.86. The number of benzene rings is 6. The Balaban J connectivity index is 1.78. The van der Waals surface area contributed by atoms with Crippen LogP contribution in [0.5, 0.6) is 11.5 Å². The molecule has 0 atom stereocenters. The first-order valence-electron chi connectivity index (χ1n) is 15.4. The maximum atomic E-state index is 15.1. The first-order chi connectivity index (χ1) is 26.4. The zero-order chi connectivity index (χ0) is 41.8. The highest BCUT2D eigenvalue weighted by molar-refractivity contribution is 8.17. The van der Waals surface area contributed by atoms with Crippen LogP contribution in [-0.4, -0.2) is 32.2 Å². The molecule has 7 nitrogen and oxygen atoms in total. The molecule has 0 unspecified atom stereocenters. The third-order valence-corrected chi connectivity index (χ3v) is 17.2. The van der Waals surface area contributed by atoms with Crippen molar-refractivity contribution in [2.45, 2.75) is 15.3 Å². The third kappa shape index (κ3) is 6.26. The standard InChI is InChI=1S/C35H15F12O7PS2/c36-23-11-17(12-24(37)29(23)40)21-9-15-5-1-3-7-19(15)27-28-20-8-4-2-6-16(20)10-22(18-13-25(38)30(41)26(39)14-18)32(28)54-55(48,53-31(21)27)33(56(49,50)34(42,43)44)57(51,52)35(45,46)47/h1-14,33H. The van der Waals surface area contributed by atoms with Gasteiger partial charge >= 0.3 is 22.9 Å². The van der Waals surface area contributed by atoms with E-state index in [-0.39, 0.29) is 45.8 Å². The Morgan fingerprint density at radius 1 is 0.509 bits per heavy atom. The molecule has 0 radical (unpaired) electrons. The number of hydrogen-bond donors (Lipinski definition) is 0. The second-order valence-corrected chi connectivity index (χ2v) is 19.2. The van der Waals surface area contributed by atoms with Gasteiger partial charge in [-0.25, -0.2) is 47.7 Å². The second kappa shape index (κ2) is 13.1. The topological polar surface area (TPSA) is 104 Å². The predicted octanol–water partition coefficient (Wildman–Crippen LogP) is 10.9. The summed E-state index contributed by atoms with van der Waals surface area (Å²) in [5.41, 5.74) is -18.5. The summed E-state index contributed by atoms with van der Waals surface area (Å²) >= 11 is 0. The van der Waals surface area contributed by atoms with E-state index in [1.54, 1.807) is 0 Å². The minimum Gasteiger partial charge on any atom is -0.413 e. The molecule has 0 saturated carbocycles. The molecule has 0 saturated heterocycles. The summed E-state index contributed by atoms with van der Waals surface area (Å²) in [6.07, 6.45) is 0. The van der Waals surface area contributed by atoms with Crippen molar-refractivity contribution >= 4 is 48.8 Å². The SMILES string of the molecule is O=P1(C(S(=O)(=O)C(F)(F)F)S(=O)(=O)C(F)(F)F)Oc2c(-c3cc(F)c(F)c(F)c3)cc3ccccc3c2-c2c(c(-c3cc(F)c(F)c(F)c3)cc3ccccc23)O1. The van der Waals surface area contributed by atoms with Crippen molar-refractivity contribution in [2.24, 2.45) is 0 Å². The van der Waals surface area contributed by atoms with Gasteiger partial charge in [-0.05, 0) is 69.1 Å². The van der Waals surface area contributed by atoms with Crippen LogP contribution >= 0.6 is 7.60 Å². The van der Waals surface area contributed by atoms with Gasteiger partial charge in [-0.15, -0.1) is 0 Å². The van der Waals surface area contributed by atoms with E-state index in [2.05, 4.69) is 0 Å². The summed E-state index contributed by atoms with van der Waals surface area (Å²) in [6.45, 7) is 0. The fourth-order valence-electron chi connectivity index (χ4n) is 6.29. The predicted molar refractivity (Wildman–Crippen MR) is 180 cm³/mol. The van der Waals surface area contributed by atoms with Crippen molar-refractivity contribution in [3.8, 4) is 44.9 Å². The smallest absolute Gasteiger partial charge is 0.413 e. The molecule has 0 aromatic heterocycles. The Morgan fingerprint density at radius 2 is 0.825 bits per heavy atom. The Hall–Kier alpha value is -5.27. The molecule has 1 aliphatic heterocycles. The van der Waals surface area contributed by atoms with E-state index in [1.165, 1.54) is 48.5 Å². The summed E-state index contributed by atoms with van der Waals surface area (Å²) in [7, 11) is -23.1. The monoisotopic (exact) mass is 870 g/mol. The van der Waals surface area contributed by atoms with Gasteiger partial charge < -0.3 is 9.05 Å². The average molecular weight is 871 g/mol. The fourth-order valence-corrected chi connectivity index (χ4v) is 13.8. The first-order valence-corrected chi connectivity index (χ1v) is 20.1. The maximum absolute atomic E-state index is 15.1. The molecule has 22 heteroatoms. The normalized spacial score (nSPS) is 14.5. The minimum absolute atomic E-state index is 0.0154. The van der Waals surface area contributed by atoms with Crippen molar-refractivity contribution in [1.82, 2.24) is 0 Å². The van der Waals surface area contributed by atoms with Gasteiger partial charge in [0, 0.05) is 22.3 Å². The lowest BCUT2D eigenvalue weighted by Gasteiger charge is -2.28. The Morgan fingerprint density at radius 3 is 1.14 bits per heavy atom. The molecule has 298 valence electrons. The summed E-state index contributed by atoms with van der Waals surface area (Å²) < 4.78 is 246. The molecule has 1 heterocycles. The largest absolute Gasteiger partial charge is 0.499 e. The van der Waals surface area contributed by atoms with Crippen LogP contribution in [0.1, 0.15) is 0 Å². The van der Waals surface area contributed by atoms with E-state index in [0.29, 0.717) is 0 Å². The Bertz CT molecular complexity index is 2750. The van der Waals surface area contributed by atoms with Gasteiger partial charge in [-0.2, -0.15) is 26.3 Å². The molecule has 0 bridgehead atoms. The molecule has 0 fully saturated rings. The molecule has 6 aromatic carbocycles. The van der Waals surface area contributed by atoms with Gasteiger partial charge in [0.15, 0.2) is 34.9 Å². The van der Waals surface area contributed by atoms with Crippen molar-refractivity contribution in [3.05, 3.63) is 120 Å². The van der Waals surface area contributed by atoms with E-state index >= 15 is 4.57 Å². The molecule has 0 amide bonds. The van der Waals surface area contributed by atoms with Crippen LogP contribution in [0, 0.1) is 34.9 Å². The average Bonchev–Trinajstić information content (AvgIpc) is 3.25. The van der Waals surface area contributed by atoms with E-state index in [4.69, 9.17) is 9.05 Å². The first kappa shape index (κ1) is 39.9. The number of alkyl halides is 6. The molecule has 0 N–H and O–H groups in total. The van der Waals surface area contributed by atoms with Crippen molar-refractivity contribution in [2.75, 3.05) is 0 Å². The van der Waals surface area contributed by atoms with Crippen molar-refractivity contribution < 1.29 is 83.1 Å². The van der Waals surface area contributed by atoms with E-state index < -0.39 is 122 Å². The highest BCUT2D eigenvalue weighted by Crippen LogP contribution is 2.68. The van der Waals surface area contributed by atoms with E-state index in [1.807, 2.05) is 0 Å². The number of fused-ring (bicyclic) bond motifs is 7. The lowest BCUT2D eigenvalue weighted by molar-refractivity contribution is -0.0465. The minimum atomic E-state index is -7.90. The van der Waals surface area contributed by atoms with Gasteiger partial charge in [-0.3, -0.25) is 0 Å². The fraction of sp³-hybridized carbons (Fsp3) is 0.0857. The molecule has 7 rings (SSSR count). The Kier molecular flexibility index (Phi) is 9.21. The van der Waals surface area contributed by atoms with Crippen molar-refractivity contribution in [3.63, 3.8) is 0 Å². The molecular formula is C35H15F12O7PS2. The van der Waals surface area contributed by atoms with E-state index in [0.717, 1.165) is 12.1 Å². The van der Waals surface area contributed by atoms with Crippen LogP contribution in [0.4, 0.5) is 52.7 Å². The van der Waals surface area contributed by atoms with Crippen LogP contribution in [0.15, 0.2) is 84.9 Å². The number of rotatable bonds is 5. The van der Waals surface area contributed by atoms with Crippen LogP contribution in [-0.2, 0) is 24.2 Å². The highest BCUT2D eigenvalue weighted by atomic mass is 32.3. The molecule has 0 spiro atoms. The zero-order valence-electron chi connectivity index (χ0n) is 27.3. The van der Waals surface area contributed by atoms with Gasteiger partial charge in [0.1, 0.15) is 11.5 Å². The van der Waals surface area contributed by atoms with Crippen LogP contribution < -0.4 is 9.05 Å². The van der Waals surface area contributed by atoms with E-state index in [9.17, 15) is 69.5 Å². The number of sulfone groups is 2. The van der Waals surface area contributed by atoms with Crippen molar-refractivity contribution in [1.29, 1.82) is 0 Å². The molecular weight excluding hydrogens is 855 g/mol. The van der Waals surface area contributed by atoms with Crippen LogP contribution in [0.3, 0.4) is 0 Å².